The van der Waals surface area contributed by atoms with Gasteiger partial charge in [0.15, 0.2) is 0 Å². The Kier molecular flexibility index (Phi) is 1.77. The lowest BCUT2D eigenvalue weighted by molar-refractivity contribution is 0.188. The lowest BCUT2D eigenvalue weighted by atomic mass is 10.1. The molecule has 1 aliphatic heterocycles. The zero-order valence-electron chi connectivity index (χ0n) is 6.77. The van der Waals surface area contributed by atoms with Gasteiger partial charge in [-0.3, -0.25) is 0 Å². The summed E-state index contributed by atoms with van der Waals surface area (Å²) in [6.45, 7) is 4.93. The number of amides is 2. The van der Waals surface area contributed by atoms with Crippen molar-refractivity contribution < 1.29 is 4.79 Å². The third-order valence-electron chi connectivity index (χ3n) is 1.84. The molecular formula is C8H11N2O. The van der Waals surface area contributed by atoms with Gasteiger partial charge in [-0.25, -0.2) is 4.79 Å². The monoisotopic (exact) mass is 151 g/mol. The molecule has 0 unspecified atom stereocenters. The first-order valence-electron chi connectivity index (χ1n) is 3.57. The molecule has 11 heavy (non-hydrogen) atoms. The van der Waals surface area contributed by atoms with Crippen LogP contribution in [0.4, 0.5) is 4.79 Å². The van der Waals surface area contributed by atoms with Crippen LogP contribution in [-0.4, -0.2) is 29.6 Å². The highest BCUT2D eigenvalue weighted by Gasteiger charge is 2.32. The zero-order valence-corrected chi connectivity index (χ0v) is 6.77. The van der Waals surface area contributed by atoms with Gasteiger partial charge < -0.3 is 10.2 Å². The fraction of sp³-hybridized carbons (Fsp3) is 0.625. The van der Waals surface area contributed by atoms with Gasteiger partial charge in [-0.15, -0.1) is 0 Å². The van der Waals surface area contributed by atoms with Crippen LogP contribution in [0.25, 0.3) is 0 Å². The molecule has 0 atom stereocenters. The van der Waals surface area contributed by atoms with Crippen molar-refractivity contribution in [2.45, 2.75) is 19.4 Å². The van der Waals surface area contributed by atoms with E-state index in [0.717, 1.165) is 0 Å². The second kappa shape index (κ2) is 2.46. The number of nitrogens with zero attached hydrogens (tertiary/aromatic N) is 1. The first-order valence-corrected chi connectivity index (χ1v) is 3.57. The van der Waals surface area contributed by atoms with Gasteiger partial charge in [-0.05, 0) is 20.3 Å². The van der Waals surface area contributed by atoms with E-state index in [1.807, 2.05) is 0 Å². The lowest BCUT2D eigenvalue weighted by Gasteiger charge is -2.28. The molecule has 2 amide bonds. The van der Waals surface area contributed by atoms with Gasteiger partial charge in [-0.2, -0.15) is 0 Å². The van der Waals surface area contributed by atoms with Gasteiger partial charge in [0.1, 0.15) is 5.54 Å². The van der Waals surface area contributed by atoms with Gasteiger partial charge in [0.25, 0.3) is 0 Å². The van der Waals surface area contributed by atoms with Gasteiger partial charge >= 0.3 is 6.03 Å². The maximum absolute atomic E-state index is 11.1. The van der Waals surface area contributed by atoms with E-state index in [2.05, 4.69) is 11.2 Å². The minimum absolute atomic E-state index is 0.102. The Balaban J connectivity index is 2.76. The van der Waals surface area contributed by atoms with Crippen LogP contribution in [0.3, 0.4) is 0 Å². The third-order valence-corrected chi connectivity index (χ3v) is 1.84. The Labute approximate surface area is 66.8 Å². The molecule has 1 N–H and O–H groups in total. The average Bonchev–Trinajstić information content (AvgIpc) is 2.36. The van der Waals surface area contributed by atoms with Crippen molar-refractivity contribution >= 4 is 6.03 Å². The largest absolute Gasteiger partial charge is 0.336 e. The summed E-state index contributed by atoms with van der Waals surface area (Å²) in [5.74, 6) is 2.33. The van der Waals surface area contributed by atoms with Gasteiger partial charge in [0.2, 0.25) is 0 Å². The van der Waals surface area contributed by atoms with Crippen molar-refractivity contribution in [3.63, 3.8) is 0 Å². The summed E-state index contributed by atoms with van der Waals surface area (Å²) in [7, 11) is 0. The summed E-state index contributed by atoms with van der Waals surface area (Å²) in [6, 6.07) is -0.102. The number of rotatable bonds is 1. The Morgan fingerprint density at radius 3 is 2.73 bits per heavy atom. The molecule has 0 saturated carbocycles. The SMILES string of the molecule is [C]#CC(C)(C)N1CCNC1=O. The van der Waals surface area contributed by atoms with Gasteiger partial charge in [0, 0.05) is 13.1 Å². The summed E-state index contributed by atoms with van der Waals surface area (Å²) in [5.41, 5.74) is -0.569. The van der Waals surface area contributed by atoms with E-state index in [9.17, 15) is 4.79 Å². The van der Waals surface area contributed by atoms with E-state index in [-0.39, 0.29) is 6.03 Å². The molecular weight excluding hydrogens is 140 g/mol. The van der Waals surface area contributed by atoms with E-state index in [1.54, 1.807) is 18.7 Å². The predicted octanol–water partition coefficient (Wildman–Crippen LogP) is 0.380. The Bertz CT molecular complexity index is 215. The Morgan fingerprint density at radius 2 is 2.36 bits per heavy atom. The summed E-state index contributed by atoms with van der Waals surface area (Å²) in [5, 5.41) is 2.67. The second-order valence-electron chi connectivity index (χ2n) is 3.07. The quantitative estimate of drug-likeness (QED) is 0.540. The van der Waals surface area contributed by atoms with Crippen LogP contribution < -0.4 is 5.32 Å². The topological polar surface area (TPSA) is 32.3 Å². The molecule has 0 aromatic heterocycles. The highest BCUT2D eigenvalue weighted by Crippen LogP contribution is 2.14. The normalized spacial score (nSPS) is 17.9. The predicted molar refractivity (Wildman–Crippen MR) is 41.3 cm³/mol. The molecule has 0 bridgehead atoms. The van der Waals surface area contributed by atoms with E-state index in [0.29, 0.717) is 13.1 Å². The Hall–Kier alpha value is -1.17. The number of nitrogens with one attached hydrogen (secondary N) is 1. The fourth-order valence-electron chi connectivity index (χ4n) is 1.07. The molecule has 0 aliphatic carbocycles. The maximum Gasteiger partial charge on any atom is 0.318 e. The van der Waals surface area contributed by atoms with Gasteiger partial charge in [-0.1, -0.05) is 5.92 Å². The number of hydrogen-bond acceptors (Lipinski definition) is 1. The first kappa shape index (κ1) is 7.93. The summed E-state index contributed by atoms with van der Waals surface area (Å²) >= 11 is 0. The van der Waals surface area contributed by atoms with Crippen molar-refractivity contribution in [2.75, 3.05) is 13.1 Å². The van der Waals surface area contributed by atoms with Crippen LogP contribution in [-0.2, 0) is 0 Å². The molecule has 1 radical (unpaired) electrons. The molecule has 1 aliphatic rings. The first-order chi connectivity index (χ1) is 5.08. The summed E-state index contributed by atoms with van der Waals surface area (Å²) < 4.78 is 0. The van der Waals surface area contributed by atoms with Crippen molar-refractivity contribution in [1.29, 1.82) is 0 Å². The van der Waals surface area contributed by atoms with Crippen LogP contribution >= 0.6 is 0 Å². The molecule has 59 valence electrons. The van der Waals surface area contributed by atoms with Crippen molar-refractivity contribution in [3.8, 4) is 5.92 Å². The van der Waals surface area contributed by atoms with Crippen LogP contribution in [0.1, 0.15) is 13.8 Å². The van der Waals surface area contributed by atoms with E-state index < -0.39 is 5.54 Å². The van der Waals surface area contributed by atoms with Crippen molar-refractivity contribution in [2.24, 2.45) is 0 Å². The smallest absolute Gasteiger partial charge is 0.318 e. The van der Waals surface area contributed by atoms with Crippen molar-refractivity contribution in [1.82, 2.24) is 10.2 Å². The molecule has 0 spiro atoms. The molecule has 0 aromatic rings. The zero-order chi connectivity index (χ0) is 8.48. The van der Waals surface area contributed by atoms with E-state index in [1.165, 1.54) is 0 Å². The van der Waals surface area contributed by atoms with Crippen LogP contribution in [0.5, 0.6) is 0 Å². The maximum atomic E-state index is 11.1. The highest BCUT2D eigenvalue weighted by atomic mass is 16.2. The average molecular weight is 151 g/mol. The fourth-order valence-corrected chi connectivity index (χ4v) is 1.07. The Morgan fingerprint density at radius 1 is 1.73 bits per heavy atom. The molecule has 1 saturated heterocycles. The minimum atomic E-state index is -0.569. The minimum Gasteiger partial charge on any atom is -0.336 e. The number of carbonyl (C=O) groups is 1. The van der Waals surface area contributed by atoms with Crippen LogP contribution in [0, 0.1) is 12.3 Å². The van der Waals surface area contributed by atoms with E-state index in [4.69, 9.17) is 6.42 Å². The number of carbonyl (C=O) groups excluding carboxylic acids is 1. The van der Waals surface area contributed by atoms with Gasteiger partial charge in [0.05, 0.1) is 0 Å². The second-order valence-corrected chi connectivity index (χ2v) is 3.07. The summed E-state index contributed by atoms with van der Waals surface area (Å²) in [6.07, 6.45) is 6.99. The molecule has 3 heteroatoms. The number of urea groups is 1. The molecule has 1 rings (SSSR count). The molecule has 0 aromatic carbocycles. The molecule has 1 heterocycles. The number of hydrogen-bond donors (Lipinski definition) is 1. The van der Waals surface area contributed by atoms with Crippen LogP contribution in [0.15, 0.2) is 0 Å². The third kappa shape index (κ3) is 1.30. The lowest BCUT2D eigenvalue weighted by Crippen LogP contribution is -2.44. The van der Waals surface area contributed by atoms with E-state index >= 15 is 0 Å². The molecule has 3 nitrogen and oxygen atoms in total. The summed E-state index contributed by atoms with van der Waals surface area (Å²) in [4.78, 5) is 12.7. The standard InChI is InChI=1S/C8H11N2O/c1-4-8(2,3)10-6-5-9-7(10)11/h5-6H2,2-3H3,(H,9,11). The van der Waals surface area contributed by atoms with Crippen molar-refractivity contribution in [3.05, 3.63) is 6.42 Å². The highest BCUT2D eigenvalue weighted by molar-refractivity contribution is 5.77. The molecule has 1 fully saturated rings. The van der Waals surface area contributed by atoms with Crippen LogP contribution in [0.2, 0.25) is 0 Å².